The lowest BCUT2D eigenvalue weighted by molar-refractivity contribution is 0.647. The van der Waals surface area contributed by atoms with Crippen molar-refractivity contribution in [1.82, 2.24) is 5.32 Å². The average Bonchev–Trinajstić information content (AvgIpc) is 2.84. The van der Waals surface area contributed by atoms with Crippen LogP contribution >= 0.6 is 54.5 Å². The van der Waals surface area contributed by atoms with Crippen molar-refractivity contribution in [2.75, 3.05) is 6.54 Å². The molecule has 1 atom stereocenters. The summed E-state index contributed by atoms with van der Waals surface area (Å²) in [6.07, 6.45) is 0. The van der Waals surface area contributed by atoms with Crippen LogP contribution in [0.1, 0.15) is 22.7 Å². The van der Waals surface area contributed by atoms with Crippen LogP contribution in [0, 0.1) is 0 Å². The molecule has 0 aliphatic carbocycles. The number of hydrogen-bond donors (Lipinski definition) is 1. The molecule has 0 saturated carbocycles. The van der Waals surface area contributed by atoms with Crippen molar-refractivity contribution in [1.29, 1.82) is 0 Å². The fourth-order valence-electron chi connectivity index (χ4n) is 1.52. The molecule has 2 heterocycles. The van der Waals surface area contributed by atoms with Gasteiger partial charge in [-0.05, 0) is 62.0 Å². The Bertz CT molecular complexity index is 464. The first-order valence-electron chi connectivity index (χ1n) is 4.94. The quantitative estimate of drug-likeness (QED) is 0.783. The minimum absolute atomic E-state index is 0.302. The maximum Gasteiger partial charge on any atom is 0.0776 e. The van der Waals surface area contributed by atoms with Crippen LogP contribution in [0.3, 0.4) is 0 Å². The van der Waals surface area contributed by atoms with Crippen molar-refractivity contribution in [3.63, 3.8) is 0 Å². The third-order valence-electron chi connectivity index (χ3n) is 2.19. The monoisotopic (exact) mass is 379 g/mol. The van der Waals surface area contributed by atoms with Gasteiger partial charge in [0.25, 0.3) is 0 Å². The first-order chi connectivity index (χ1) is 7.72. The lowest BCUT2D eigenvalue weighted by Crippen LogP contribution is -2.20. The Labute approximate surface area is 120 Å². The minimum Gasteiger partial charge on any atom is -0.305 e. The molecule has 2 rings (SSSR count). The van der Waals surface area contributed by atoms with Gasteiger partial charge in [-0.3, -0.25) is 0 Å². The maximum atomic E-state index is 3.60. The second-order valence-corrected chi connectivity index (χ2v) is 7.56. The molecule has 0 spiro atoms. The summed E-state index contributed by atoms with van der Waals surface area (Å²) in [5.74, 6) is 0. The molecule has 0 aliphatic rings. The zero-order valence-corrected chi connectivity index (χ0v) is 13.5. The van der Waals surface area contributed by atoms with Crippen molar-refractivity contribution in [2.45, 2.75) is 13.0 Å². The van der Waals surface area contributed by atoms with E-state index in [2.05, 4.69) is 67.7 Å². The molecule has 0 aromatic carbocycles. The molecule has 0 radical (unpaired) electrons. The highest BCUT2D eigenvalue weighted by Crippen LogP contribution is 2.37. The van der Waals surface area contributed by atoms with Crippen molar-refractivity contribution < 1.29 is 0 Å². The second kappa shape index (κ2) is 5.78. The Balaban J connectivity index is 2.34. The minimum atomic E-state index is 0.302. The van der Waals surface area contributed by atoms with Gasteiger partial charge in [-0.2, -0.15) is 0 Å². The van der Waals surface area contributed by atoms with Crippen LogP contribution < -0.4 is 5.32 Å². The van der Waals surface area contributed by atoms with Crippen molar-refractivity contribution in [3.05, 3.63) is 41.6 Å². The predicted molar refractivity (Wildman–Crippen MR) is 79.6 cm³/mol. The summed E-state index contributed by atoms with van der Waals surface area (Å²) in [7, 11) is 0. The number of rotatable bonds is 4. The van der Waals surface area contributed by atoms with Crippen LogP contribution in [0.2, 0.25) is 0 Å². The largest absolute Gasteiger partial charge is 0.305 e. The summed E-state index contributed by atoms with van der Waals surface area (Å²) in [5, 5.41) is 5.64. The lowest BCUT2D eigenvalue weighted by Gasteiger charge is -2.15. The van der Waals surface area contributed by atoms with E-state index in [1.165, 1.54) is 18.0 Å². The van der Waals surface area contributed by atoms with Gasteiger partial charge in [0.15, 0.2) is 0 Å². The standard InChI is InChI=1S/C11H11Br2NS2/c1-2-14-10(8-3-4-9(13)16-8)11-7(12)5-6-15-11/h3-6,10,14H,2H2,1H3. The first kappa shape index (κ1) is 12.8. The Morgan fingerprint density at radius 2 is 2.12 bits per heavy atom. The van der Waals surface area contributed by atoms with Gasteiger partial charge >= 0.3 is 0 Å². The Kier molecular flexibility index (Phi) is 4.61. The van der Waals surface area contributed by atoms with E-state index < -0.39 is 0 Å². The smallest absolute Gasteiger partial charge is 0.0776 e. The number of thiophene rings is 2. The topological polar surface area (TPSA) is 12.0 Å². The third kappa shape index (κ3) is 2.76. The molecule has 2 aromatic rings. The van der Waals surface area contributed by atoms with Crippen LogP contribution in [0.15, 0.2) is 31.8 Å². The van der Waals surface area contributed by atoms with Crippen LogP contribution in [0.5, 0.6) is 0 Å². The predicted octanol–water partition coefficient (Wildman–Crippen LogP) is 5.03. The second-order valence-electron chi connectivity index (χ2n) is 3.27. The van der Waals surface area contributed by atoms with E-state index in [0.717, 1.165) is 6.54 Å². The highest BCUT2D eigenvalue weighted by molar-refractivity contribution is 9.11. The van der Waals surface area contributed by atoms with Gasteiger partial charge in [0, 0.05) is 14.2 Å². The van der Waals surface area contributed by atoms with Crippen molar-refractivity contribution in [2.24, 2.45) is 0 Å². The Morgan fingerprint density at radius 3 is 2.62 bits per heavy atom. The van der Waals surface area contributed by atoms with E-state index >= 15 is 0 Å². The lowest BCUT2D eigenvalue weighted by atomic mass is 10.2. The van der Waals surface area contributed by atoms with Gasteiger partial charge in [-0.25, -0.2) is 0 Å². The van der Waals surface area contributed by atoms with Gasteiger partial charge in [-0.1, -0.05) is 6.92 Å². The summed E-state index contributed by atoms with van der Waals surface area (Å²) in [6, 6.07) is 6.68. The number of halogens is 2. The van der Waals surface area contributed by atoms with Crippen molar-refractivity contribution in [3.8, 4) is 0 Å². The van der Waals surface area contributed by atoms with E-state index in [9.17, 15) is 0 Å². The zero-order valence-electron chi connectivity index (χ0n) is 8.67. The van der Waals surface area contributed by atoms with E-state index in [-0.39, 0.29) is 0 Å². The molecule has 2 aromatic heterocycles. The van der Waals surface area contributed by atoms with Gasteiger partial charge < -0.3 is 5.32 Å². The van der Waals surface area contributed by atoms with E-state index in [4.69, 9.17) is 0 Å². The molecule has 0 amide bonds. The summed E-state index contributed by atoms with van der Waals surface area (Å²) >= 11 is 10.7. The molecule has 1 unspecified atom stereocenters. The molecule has 86 valence electrons. The summed E-state index contributed by atoms with van der Waals surface area (Å²) in [5.41, 5.74) is 0. The van der Waals surface area contributed by atoms with Crippen LogP contribution in [-0.4, -0.2) is 6.54 Å². The van der Waals surface area contributed by atoms with E-state index in [1.54, 1.807) is 22.7 Å². The molecule has 0 aliphatic heterocycles. The molecule has 16 heavy (non-hydrogen) atoms. The van der Waals surface area contributed by atoms with Gasteiger partial charge in [0.2, 0.25) is 0 Å². The molecule has 0 fully saturated rings. The molecule has 1 N–H and O–H groups in total. The van der Waals surface area contributed by atoms with Crippen LogP contribution in [0.25, 0.3) is 0 Å². The molecular weight excluding hydrogens is 370 g/mol. The fourth-order valence-corrected chi connectivity index (χ4v) is 4.80. The fraction of sp³-hybridized carbons (Fsp3) is 0.273. The van der Waals surface area contributed by atoms with E-state index in [1.807, 2.05) is 0 Å². The molecule has 1 nitrogen and oxygen atoms in total. The van der Waals surface area contributed by atoms with E-state index in [0.29, 0.717) is 6.04 Å². The third-order valence-corrected chi connectivity index (χ3v) is 5.82. The summed E-state index contributed by atoms with van der Waals surface area (Å²) < 4.78 is 2.37. The normalized spacial score (nSPS) is 12.9. The zero-order chi connectivity index (χ0) is 11.5. The Hall–Kier alpha value is 0.320. The summed E-state index contributed by atoms with van der Waals surface area (Å²) in [4.78, 5) is 2.69. The van der Waals surface area contributed by atoms with Crippen LogP contribution in [-0.2, 0) is 0 Å². The summed E-state index contributed by atoms with van der Waals surface area (Å²) in [6.45, 7) is 3.10. The van der Waals surface area contributed by atoms with Gasteiger partial charge in [-0.15, -0.1) is 22.7 Å². The highest BCUT2D eigenvalue weighted by Gasteiger charge is 2.18. The first-order valence-corrected chi connectivity index (χ1v) is 8.22. The SMILES string of the molecule is CCNC(c1ccc(Br)s1)c1sccc1Br. The van der Waals surface area contributed by atoms with Crippen LogP contribution in [0.4, 0.5) is 0 Å². The van der Waals surface area contributed by atoms with Gasteiger partial charge in [0.1, 0.15) is 0 Å². The molecule has 0 bridgehead atoms. The average molecular weight is 381 g/mol. The molecule has 0 saturated heterocycles. The maximum absolute atomic E-state index is 3.60. The molecular formula is C11H11Br2NS2. The Morgan fingerprint density at radius 1 is 1.31 bits per heavy atom. The number of nitrogens with one attached hydrogen (secondary N) is 1. The van der Waals surface area contributed by atoms with Gasteiger partial charge in [0.05, 0.1) is 9.83 Å². The molecule has 5 heteroatoms. The highest BCUT2D eigenvalue weighted by atomic mass is 79.9. The number of hydrogen-bond acceptors (Lipinski definition) is 3. The van der Waals surface area contributed by atoms with Crippen molar-refractivity contribution >= 4 is 54.5 Å².